The molecule has 2 unspecified atom stereocenters. The van der Waals surface area contributed by atoms with Gasteiger partial charge in [0.1, 0.15) is 17.1 Å². The van der Waals surface area contributed by atoms with E-state index in [-0.39, 0.29) is 17.1 Å². The van der Waals surface area contributed by atoms with Crippen LogP contribution in [0.25, 0.3) is 0 Å². The first kappa shape index (κ1) is 14.4. The number of halogens is 1. The van der Waals surface area contributed by atoms with Gasteiger partial charge in [0, 0.05) is 10.9 Å². The third-order valence-electron chi connectivity index (χ3n) is 4.37. The van der Waals surface area contributed by atoms with Crippen LogP contribution in [0.4, 0.5) is 11.4 Å². The van der Waals surface area contributed by atoms with Crippen LogP contribution < -0.4 is 15.3 Å². The Hall–Kier alpha value is -2.21. The number of aliphatic hydroxyl groups excluding tert-OH is 1. The van der Waals surface area contributed by atoms with Gasteiger partial charge >= 0.3 is 0 Å². The number of fused-ring (bicyclic) bond motifs is 3. The molecule has 2 aliphatic heterocycles. The lowest BCUT2D eigenvalue weighted by atomic mass is 9.92. The molecular formula is C17H16ClN3O2. The van der Waals surface area contributed by atoms with Gasteiger partial charge in [-0.15, -0.1) is 5.01 Å². The SMILES string of the molecule is CC1Cc2ccccc2N2C1=C(O)N(c1ccc(Cl)cc1)[NH+]2[O-]. The molecule has 0 aliphatic carbocycles. The lowest BCUT2D eigenvalue weighted by molar-refractivity contribution is -0.854. The molecule has 0 saturated carbocycles. The lowest BCUT2D eigenvalue weighted by Crippen LogP contribution is -3.19. The highest BCUT2D eigenvalue weighted by Crippen LogP contribution is 2.38. The van der Waals surface area contributed by atoms with Crippen molar-refractivity contribution < 1.29 is 10.4 Å². The van der Waals surface area contributed by atoms with Crippen molar-refractivity contribution in [3.8, 4) is 0 Å². The Morgan fingerprint density at radius 2 is 1.83 bits per heavy atom. The van der Waals surface area contributed by atoms with Crippen LogP contribution in [0.3, 0.4) is 0 Å². The molecule has 2 N–H and O–H groups in total. The van der Waals surface area contributed by atoms with Crippen molar-refractivity contribution >= 4 is 23.0 Å². The number of nitrogens with zero attached hydrogens (tertiary/aromatic N) is 2. The molecule has 0 amide bonds. The summed E-state index contributed by atoms with van der Waals surface area (Å²) >= 11 is 5.91. The highest BCUT2D eigenvalue weighted by atomic mass is 35.5. The predicted molar refractivity (Wildman–Crippen MR) is 89.7 cm³/mol. The second-order valence-corrected chi connectivity index (χ2v) is 6.31. The van der Waals surface area contributed by atoms with Crippen molar-refractivity contribution in [3.05, 3.63) is 75.9 Å². The molecule has 2 heterocycles. The van der Waals surface area contributed by atoms with Crippen molar-refractivity contribution in [1.29, 1.82) is 0 Å². The molecule has 6 heteroatoms. The molecule has 2 atom stereocenters. The monoisotopic (exact) mass is 329 g/mol. The van der Waals surface area contributed by atoms with Gasteiger partial charge in [-0.3, -0.25) is 0 Å². The van der Waals surface area contributed by atoms with E-state index >= 15 is 0 Å². The zero-order valence-electron chi connectivity index (χ0n) is 12.5. The molecule has 118 valence electrons. The quantitative estimate of drug-likeness (QED) is 0.790. The fourth-order valence-electron chi connectivity index (χ4n) is 3.33. The molecule has 0 spiro atoms. The Kier molecular flexibility index (Phi) is 3.23. The van der Waals surface area contributed by atoms with Crippen molar-refractivity contribution in [2.45, 2.75) is 13.3 Å². The van der Waals surface area contributed by atoms with Gasteiger partial charge in [-0.1, -0.05) is 36.7 Å². The molecule has 2 aliphatic rings. The first-order chi connectivity index (χ1) is 11.1. The second kappa shape index (κ2) is 5.16. The summed E-state index contributed by atoms with van der Waals surface area (Å²) in [5, 5.41) is 26.9. The molecule has 2 aromatic rings. The maximum atomic E-state index is 13.0. The maximum absolute atomic E-state index is 13.0. The fourth-order valence-corrected chi connectivity index (χ4v) is 3.46. The topological polar surface area (TPSA) is 54.2 Å². The molecule has 2 aromatic carbocycles. The zero-order chi connectivity index (χ0) is 16.1. The summed E-state index contributed by atoms with van der Waals surface area (Å²) in [5.74, 6) is 0.0606. The number of anilines is 2. The fraction of sp³-hybridized carbons (Fsp3) is 0.176. The van der Waals surface area contributed by atoms with Crippen LogP contribution in [-0.4, -0.2) is 5.11 Å². The molecule has 0 aromatic heterocycles. The molecule has 0 bridgehead atoms. The average molecular weight is 330 g/mol. The Balaban J connectivity index is 1.84. The smallest absolute Gasteiger partial charge is 0.268 e. The van der Waals surface area contributed by atoms with Crippen LogP contribution in [0.1, 0.15) is 12.5 Å². The predicted octanol–water partition coefficient (Wildman–Crippen LogP) is 2.80. The third-order valence-corrected chi connectivity index (χ3v) is 4.63. The van der Waals surface area contributed by atoms with Crippen LogP contribution in [0.5, 0.6) is 0 Å². The van der Waals surface area contributed by atoms with Crippen molar-refractivity contribution in [2.24, 2.45) is 5.92 Å². The highest BCUT2D eigenvalue weighted by molar-refractivity contribution is 6.30. The molecular weight excluding hydrogens is 314 g/mol. The molecule has 0 fully saturated rings. The number of aliphatic hydroxyl groups is 1. The van der Waals surface area contributed by atoms with Gasteiger partial charge in [0.25, 0.3) is 5.88 Å². The largest absolute Gasteiger partial charge is 0.581 e. The minimum absolute atomic E-state index is 0.000625. The van der Waals surface area contributed by atoms with E-state index in [2.05, 4.69) is 0 Å². The third kappa shape index (κ3) is 2.09. The summed E-state index contributed by atoms with van der Waals surface area (Å²) < 4.78 is 0. The minimum atomic E-state index is -0.265. The van der Waals surface area contributed by atoms with E-state index in [1.54, 1.807) is 29.3 Å². The summed E-state index contributed by atoms with van der Waals surface area (Å²) in [6.45, 7) is 2.02. The summed E-state index contributed by atoms with van der Waals surface area (Å²) in [5.41, 5.74) is 3.21. The molecule has 0 saturated heterocycles. The first-order valence-corrected chi connectivity index (χ1v) is 7.86. The number of quaternary nitrogens is 1. The van der Waals surface area contributed by atoms with Crippen LogP contribution in [-0.2, 0) is 6.42 Å². The van der Waals surface area contributed by atoms with Crippen LogP contribution in [0.2, 0.25) is 5.02 Å². The Morgan fingerprint density at radius 3 is 2.57 bits per heavy atom. The van der Waals surface area contributed by atoms with Crippen LogP contribution in [0, 0.1) is 11.1 Å². The number of hydrogen-bond acceptors (Lipinski definition) is 4. The lowest BCUT2D eigenvalue weighted by Gasteiger charge is -2.37. The zero-order valence-corrected chi connectivity index (χ0v) is 13.3. The van der Waals surface area contributed by atoms with E-state index in [4.69, 9.17) is 11.6 Å². The Labute approximate surface area is 139 Å². The second-order valence-electron chi connectivity index (χ2n) is 5.87. The Bertz CT molecular complexity index is 791. The van der Waals surface area contributed by atoms with Gasteiger partial charge in [-0.05, 0) is 42.3 Å². The van der Waals surface area contributed by atoms with Crippen LogP contribution in [0.15, 0.2) is 60.1 Å². The maximum Gasteiger partial charge on any atom is 0.268 e. The molecule has 4 rings (SSSR count). The van der Waals surface area contributed by atoms with Crippen LogP contribution >= 0.6 is 11.6 Å². The molecule has 23 heavy (non-hydrogen) atoms. The standard InChI is InChI=1S/C17H16ClN3O2/c1-11-10-12-4-2-3-5-15(12)20-16(11)17(22)19(21(20)23)14-8-6-13(18)7-9-14/h2-9,11,21-22H,10H2,1H3. The molecule has 5 nitrogen and oxygen atoms in total. The molecule has 0 radical (unpaired) electrons. The summed E-state index contributed by atoms with van der Waals surface area (Å²) in [4.78, 5) is 0. The van der Waals surface area contributed by atoms with Gasteiger partial charge in [0.2, 0.25) is 0 Å². The van der Waals surface area contributed by atoms with E-state index in [1.807, 2.05) is 31.2 Å². The number of hydrogen-bond donors (Lipinski definition) is 2. The van der Waals surface area contributed by atoms with Crippen molar-refractivity contribution in [2.75, 3.05) is 10.0 Å². The average Bonchev–Trinajstić information content (AvgIpc) is 2.81. The highest BCUT2D eigenvalue weighted by Gasteiger charge is 2.44. The summed E-state index contributed by atoms with van der Waals surface area (Å²) in [6.07, 6.45) is 0.799. The summed E-state index contributed by atoms with van der Waals surface area (Å²) in [6, 6.07) is 14.7. The van der Waals surface area contributed by atoms with Crippen molar-refractivity contribution in [1.82, 2.24) is 0 Å². The van der Waals surface area contributed by atoms with Gasteiger partial charge in [-0.2, -0.15) is 10.3 Å². The number of rotatable bonds is 1. The van der Waals surface area contributed by atoms with E-state index in [1.165, 1.54) is 5.01 Å². The van der Waals surface area contributed by atoms with E-state index in [9.17, 15) is 10.3 Å². The van der Waals surface area contributed by atoms with Gasteiger partial charge in [0.15, 0.2) is 0 Å². The van der Waals surface area contributed by atoms with Gasteiger partial charge < -0.3 is 10.3 Å². The number of para-hydroxylation sites is 1. The number of allylic oxidation sites excluding steroid dienone is 1. The Morgan fingerprint density at radius 1 is 1.13 bits per heavy atom. The van der Waals surface area contributed by atoms with Gasteiger partial charge in [0.05, 0.1) is 0 Å². The van der Waals surface area contributed by atoms with E-state index in [0.717, 1.165) is 17.7 Å². The normalized spacial score (nSPS) is 23.1. The minimum Gasteiger partial charge on any atom is -0.581 e. The van der Waals surface area contributed by atoms with E-state index < -0.39 is 0 Å². The summed E-state index contributed by atoms with van der Waals surface area (Å²) in [7, 11) is 0. The van der Waals surface area contributed by atoms with E-state index in [0.29, 0.717) is 16.4 Å². The first-order valence-electron chi connectivity index (χ1n) is 7.48. The van der Waals surface area contributed by atoms with Gasteiger partial charge in [-0.25, -0.2) is 0 Å². The van der Waals surface area contributed by atoms with Crippen molar-refractivity contribution in [3.63, 3.8) is 0 Å². The number of benzene rings is 2. The number of nitrogens with one attached hydrogen (secondary N) is 1.